The fourth-order valence-corrected chi connectivity index (χ4v) is 3.64. The van der Waals surface area contributed by atoms with Crippen LogP contribution in [0.2, 0.25) is 0 Å². The zero-order valence-electron chi connectivity index (χ0n) is 16.5. The Morgan fingerprint density at radius 3 is 2.37 bits per heavy atom. The Hall–Kier alpha value is -3.91. The summed E-state index contributed by atoms with van der Waals surface area (Å²) in [4.78, 5) is 17.8. The van der Waals surface area contributed by atoms with Gasteiger partial charge in [-0.05, 0) is 36.2 Å². The van der Waals surface area contributed by atoms with Crippen LogP contribution in [-0.4, -0.2) is 15.5 Å². The van der Waals surface area contributed by atoms with Gasteiger partial charge in [0.05, 0.1) is 29.6 Å². The van der Waals surface area contributed by atoms with Crippen molar-refractivity contribution in [2.24, 2.45) is 0 Å². The monoisotopic (exact) mass is 394 g/mol. The molecular formula is C25H22N4O. The Kier molecular flexibility index (Phi) is 5.86. The molecule has 0 saturated heterocycles. The molecule has 5 nitrogen and oxygen atoms in total. The second-order valence-electron chi connectivity index (χ2n) is 7.10. The predicted molar refractivity (Wildman–Crippen MR) is 117 cm³/mol. The Morgan fingerprint density at radius 2 is 1.63 bits per heavy atom. The van der Waals surface area contributed by atoms with E-state index in [0.717, 1.165) is 22.4 Å². The van der Waals surface area contributed by atoms with Crippen molar-refractivity contribution in [1.29, 1.82) is 5.26 Å². The first-order valence-corrected chi connectivity index (χ1v) is 9.98. The van der Waals surface area contributed by atoms with Gasteiger partial charge in [0.25, 0.3) is 5.91 Å². The molecule has 0 aliphatic rings. The van der Waals surface area contributed by atoms with Crippen LogP contribution >= 0.6 is 0 Å². The van der Waals surface area contributed by atoms with Crippen molar-refractivity contribution in [1.82, 2.24) is 14.9 Å². The molecule has 1 unspecified atom stereocenters. The van der Waals surface area contributed by atoms with Crippen LogP contribution in [0.15, 0.2) is 84.9 Å². The molecule has 0 aliphatic heterocycles. The molecule has 1 heterocycles. The largest absolute Gasteiger partial charge is 0.342 e. The van der Waals surface area contributed by atoms with Gasteiger partial charge in [-0.1, -0.05) is 60.7 Å². The number of hydrogen-bond acceptors (Lipinski definition) is 3. The molecule has 3 aromatic carbocycles. The SMILES string of the molecule is N#CCCn1c(C(Cc2ccccc2)NC(=O)c2ccccc2)nc2ccccc21. The summed E-state index contributed by atoms with van der Waals surface area (Å²) in [6, 6.07) is 29.0. The average Bonchev–Trinajstić information content (AvgIpc) is 3.17. The van der Waals surface area contributed by atoms with Gasteiger partial charge in [-0.3, -0.25) is 4.79 Å². The summed E-state index contributed by atoms with van der Waals surface area (Å²) in [6.07, 6.45) is 0.979. The fourth-order valence-electron chi connectivity index (χ4n) is 3.64. The lowest BCUT2D eigenvalue weighted by Crippen LogP contribution is -2.32. The van der Waals surface area contributed by atoms with Gasteiger partial charge in [-0.2, -0.15) is 5.26 Å². The molecule has 1 amide bonds. The number of hydrogen-bond donors (Lipinski definition) is 1. The van der Waals surface area contributed by atoms with E-state index in [2.05, 4.69) is 16.0 Å². The molecule has 4 rings (SSSR count). The van der Waals surface area contributed by atoms with Gasteiger partial charge in [-0.25, -0.2) is 4.98 Å². The highest BCUT2D eigenvalue weighted by molar-refractivity contribution is 5.94. The molecule has 0 spiro atoms. The van der Waals surface area contributed by atoms with Crippen molar-refractivity contribution in [3.05, 3.63) is 102 Å². The molecule has 1 aromatic heterocycles. The Labute approximate surface area is 175 Å². The maximum atomic E-state index is 13.0. The number of benzene rings is 3. The van der Waals surface area contributed by atoms with Gasteiger partial charge in [0.2, 0.25) is 0 Å². The number of imidazole rings is 1. The zero-order valence-corrected chi connectivity index (χ0v) is 16.5. The maximum absolute atomic E-state index is 13.0. The third-order valence-electron chi connectivity index (χ3n) is 5.07. The van der Waals surface area contributed by atoms with E-state index in [4.69, 9.17) is 10.2 Å². The van der Waals surface area contributed by atoms with E-state index in [1.54, 1.807) is 12.1 Å². The summed E-state index contributed by atoms with van der Waals surface area (Å²) in [5.41, 5.74) is 3.54. The quantitative estimate of drug-likeness (QED) is 0.495. The number of amides is 1. The molecule has 4 aromatic rings. The van der Waals surface area contributed by atoms with Gasteiger partial charge in [0.15, 0.2) is 0 Å². The summed E-state index contributed by atoms with van der Waals surface area (Å²) in [7, 11) is 0. The average molecular weight is 394 g/mol. The lowest BCUT2D eigenvalue weighted by atomic mass is 10.0. The van der Waals surface area contributed by atoms with Crippen molar-refractivity contribution < 1.29 is 4.79 Å². The second kappa shape index (κ2) is 9.06. The van der Waals surface area contributed by atoms with Crippen molar-refractivity contribution in [3.8, 4) is 6.07 Å². The fraction of sp³-hybridized carbons (Fsp3) is 0.160. The number of carbonyl (C=O) groups excluding carboxylic acids is 1. The second-order valence-corrected chi connectivity index (χ2v) is 7.10. The summed E-state index contributed by atoms with van der Waals surface area (Å²) in [5, 5.41) is 12.3. The lowest BCUT2D eigenvalue weighted by Gasteiger charge is -2.20. The van der Waals surface area contributed by atoms with Crippen molar-refractivity contribution in [3.63, 3.8) is 0 Å². The highest BCUT2D eigenvalue weighted by Crippen LogP contribution is 2.24. The van der Waals surface area contributed by atoms with E-state index in [-0.39, 0.29) is 11.9 Å². The van der Waals surface area contributed by atoms with Crippen molar-refractivity contribution in [2.75, 3.05) is 0 Å². The van der Waals surface area contributed by atoms with Crippen LogP contribution in [-0.2, 0) is 13.0 Å². The third kappa shape index (κ3) is 4.23. The Bertz CT molecular complexity index is 1180. The molecule has 148 valence electrons. The molecule has 0 radical (unpaired) electrons. The molecule has 0 fully saturated rings. The highest BCUT2D eigenvalue weighted by atomic mass is 16.1. The molecule has 1 N–H and O–H groups in total. The first-order valence-electron chi connectivity index (χ1n) is 9.98. The van der Waals surface area contributed by atoms with Gasteiger partial charge in [-0.15, -0.1) is 0 Å². The molecule has 5 heteroatoms. The summed E-state index contributed by atoms with van der Waals surface area (Å²) in [5.74, 6) is 0.620. The number of aryl methyl sites for hydroxylation is 1. The number of fused-ring (bicyclic) bond motifs is 1. The molecule has 0 saturated carbocycles. The van der Waals surface area contributed by atoms with E-state index < -0.39 is 0 Å². The van der Waals surface area contributed by atoms with Crippen LogP contribution < -0.4 is 5.32 Å². The standard InChI is InChI=1S/C25H22N4O/c26-16-9-17-29-23-15-8-7-14-21(23)27-24(29)22(18-19-10-3-1-4-11-19)28-25(30)20-12-5-2-6-13-20/h1-8,10-15,22H,9,17-18H2,(H,28,30). The summed E-state index contributed by atoms with van der Waals surface area (Å²) < 4.78 is 2.05. The van der Waals surface area contributed by atoms with Crippen molar-refractivity contribution in [2.45, 2.75) is 25.4 Å². The van der Waals surface area contributed by atoms with Gasteiger partial charge < -0.3 is 9.88 Å². The predicted octanol–water partition coefficient (Wildman–Crippen LogP) is 4.66. The van der Waals surface area contributed by atoms with E-state index in [0.29, 0.717) is 24.9 Å². The van der Waals surface area contributed by atoms with Gasteiger partial charge >= 0.3 is 0 Å². The molecular weight excluding hydrogens is 372 g/mol. The minimum Gasteiger partial charge on any atom is -0.342 e. The van der Waals surface area contributed by atoms with E-state index in [9.17, 15) is 4.79 Å². The Morgan fingerprint density at radius 1 is 0.967 bits per heavy atom. The first-order chi connectivity index (χ1) is 14.8. The summed E-state index contributed by atoms with van der Waals surface area (Å²) >= 11 is 0. The normalized spacial score (nSPS) is 11.7. The number of para-hydroxylation sites is 2. The lowest BCUT2D eigenvalue weighted by molar-refractivity contribution is 0.0934. The zero-order chi connectivity index (χ0) is 20.8. The number of nitriles is 1. The summed E-state index contributed by atoms with van der Waals surface area (Å²) in [6.45, 7) is 0.527. The van der Waals surface area contributed by atoms with Gasteiger partial charge in [0, 0.05) is 12.1 Å². The third-order valence-corrected chi connectivity index (χ3v) is 5.07. The van der Waals surface area contributed by atoms with Crippen molar-refractivity contribution >= 4 is 16.9 Å². The first kappa shape index (κ1) is 19.4. The minimum absolute atomic E-state index is 0.143. The molecule has 1 atom stereocenters. The van der Waals surface area contributed by atoms with Gasteiger partial charge in [0.1, 0.15) is 5.82 Å². The topological polar surface area (TPSA) is 70.7 Å². The van der Waals surface area contributed by atoms with E-state index >= 15 is 0 Å². The minimum atomic E-state index is -0.328. The maximum Gasteiger partial charge on any atom is 0.251 e. The number of aromatic nitrogens is 2. The van der Waals surface area contributed by atoms with Crippen LogP contribution in [0, 0.1) is 11.3 Å². The van der Waals surface area contributed by atoms with Crippen LogP contribution in [0.3, 0.4) is 0 Å². The number of rotatable bonds is 7. The van der Waals surface area contributed by atoms with Crippen LogP contribution in [0.1, 0.15) is 34.2 Å². The number of nitrogens with one attached hydrogen (secondary N) is 1. The molecule has 30 heavy (non-hydrogen) atoms. The number of carbonyl (C=O) groups is 1. The van der Waals surface area contributed by atoms with E-state index in [1.807, 2.05) is 72.8 Å². The highest BCUT2D eigenvalue weighted by Gasteiger charge is 2.23. The molecule has 0 bridgehead atoms. The molecule has 0 aliphatic carbocycles. The van der Waals surface area contributed by atoms with Crippen LogP contribution in [0.4, 0.5) is 0 Å². The van der Waals surface area contributed by atoms with Crippen LogP contribution in [0.5, 0.6) is 0 Å². The van der Waals surface area contributed by atoms with Crippen LogP contribution in [0.25, 0.3) is 11.0 Å². The van der Waals surface area contributed by atoms with E-state index in [1.165, 1.54) is 0 Å². The smallest absolute Gasteiger partial charge is 0.251 e. The Balaban J connectivity index is 1.75. The number of nitrogens with zero attached hydrogens (tertiary/aromatic N) is 3.